The Morgan fingerprint density at radius 1 is 1.17 bits per heavy atom. The monoisotopic (exact) mass is 434 g/mol. The Hall–Kier alpha value is -2.84. The zero-order valence-electron chi connectivity index (χ0n) is 15.9. The number of fused-ring (bicyclic) bond motifs is 1. The van der Waals surface area contributed by atoms with Gasteiger partial charge in [0.05, 0.1) is 12.1 Å². The van der Waals surface area contributed by atoms with E-state index in [1.807, 2.05) is 0 Å². The van der Waals surface area contributed by atoms with Gasteiger partial charge in [-0.1, -0.05) is 36.7 Å². The third-order valence-corrected chi connectivity index (χ3v) is 5.64. The summed E-state index contributed by atoms with van der Waals surface area (Å²) in [6.45, 7) is 1.81. The zero-order chi connectivity index (χ0) is 21.5. The van der Waals surface area contributed by atoms with Crippen LogP contribution in [0.15, 0.2) is 61.2 Å². The lowest BCUT2D eigenvalue weighted by atomic mass is 9.80. The minimum atomic E-state index is -4.48. The third kappa shape index (κ3) is 3.68. The highest BCUT2D eigenvalue weighted by Gasteiger charge is 2.39. The van der Waals surface area contributed by atoms with E-state index in [9.17, 15) is 18.3 Å². The Kier molecular flexibility index (Phi) is 5.07. The number of aromatic nitrogens is 4. The third-order valence-electron chi connectivity index (χ3n) is 5.39. The van der Waals surface area contributed by atoms with Gasteiger partial charge in [-0.3, -0.25) is 0 Å². The Labute approximate surface area is 175 Å². The standard InChI is InChI=1S/C21H18ClF3N4O/c1-13(19-9-16-17(21(23,24)25)3-2-4-18(16)28-19)20(30,10-29-12-26-11-27-29)14-5-7-15(22)8-6-14/h2-9,11-13,28,30H,10H2,1H3. The second-order valence-electron chi connectivity index (χ2n) is 7.24. The van der Waals surface area contributed by atoms with Gasteiger partial charge < -0.3 is 10.1 Å². The van der Waals surface area contributed by atoms with E-state index in [1.165, 1.54) is 29.5 Å². The molecule has 0 amide bonds. The molecular formula is C21H18ClF3N4O. The minimum Gasteiger partial charge on any atom is -0.383 e. The van der Waals surface area contributed by atoms with E-state index < -0.39 is 23.3 Å². The fourth-order valence-electron chi connectivity index (χ4n) is 3.69. The SMILES string of the molecule is CC(c1cc2c(C(F)(F)F)cccc2[nH]1)C(O)(Cn1cncn1)c1ccc(Cl)cc1. The lowest BCUT2D eigenvalue weighted by Gasteiger charge is -2.34. The number of halogens is 4. The fraction of sp³-hybridized carbons (Fsp3) is 0.238. The van der Waals surface area contributed by atoms with Crippen LogP contribution in [0.4, 0.5) is 13.2 Å². The van der Waals surface area contributed by atoms with Gasteiger partial charge in [0.2, 0.25) is 0 Å². The summed E-state index contributed by atoms with van der Waals surface area (Å²) >= 11 is 5.99. The van der Waals surface area contributed by atoms with Crippen LogP contribution in [-0.4, -0.2) is 24.9 Å². The molecule has 0 spiro atoms. The van der Waals surface area contributed by atoms with Crippen LogP contribution in [0.25, 0.3) is 10.9 Å². The van der Waals surface area contributed by atoms with Crippen molar-refractivity contribution in [2.75, 3.05) is 0 Å². The molecule has 0 radical (unpaired) electrons. The van der Waals surface area contributed by atoms with Gasteiger partial charge in [-0.2, -0.15) is 18.3 Å². The van der Waals surface area contributed by atoms with Crippen LogP contribution < -0.4 is 0 Å². The molecule has 2 heterocycles. The normalized spacial score (nSPS) is 15.3. The van der Waals surface area contributed by atoms with E-state index in [0.29, 0.717) is 21.8 Å². The molecule has 4 rings (SSSR count). The predicted octanol–water partition coefficient (Wildman–Crippen LogP) is 5.12. The summed E-state index contributed by atoms with van der Waals surface area (Å²) in [4.78, 5) is 6.95. The highest BCUT2D eigenvalue weighted by atomic mass is 35.5. The summed E-state index contributed by atoms with van der Waals surface area (Å²) in [5.74, 6) is -0.601. The second-order valence-corrected chi connectivity index (χ2v) is 7.67. The van der Waals surface area contributed by atoms with E-state index in [2.05, 4.69) is 15.1 Å². The molecule has 2 unspecified atom stereocenters. The molecule has 0 bridgehead atoms. The number of nitrogens with zero attached hydrogens (tertiary/aromatic N) is 3. The predicted molar refractivity (Wildman–Crippen MR) is 107 cm³/mol. The van der Waals surface area contributed by atoms with Crippen LogP contribution >= 0.6 is 11.6 Å². The number of alkyl halides is 3. The number of benzene rings is 2. The van der Waals surface area contributed by atoms with Gasteiger partial charge in [-0.25, -0.2) is 9.67 Å². The molecular weight excluding hydrogens is 417 g/mol. The molecule has 0 aliphatic rings. The van der Waals surface area contributed by atoms with Gasteiger partial charge in [0.25, 0.3) is 0 Å². The molecule has 4 aromatic rings. The summed E-state index contributed by atoms with van der Waals surface area (Å²) in [5.41, 5.74) is -0.826. The molecule has 9 heteroatoms. The molecule has 0 fully saturated rings. The lowest BCUT2D eigenvalue weighted by Crippen LogP contribution is -2.37. The van der Waals surface area contributed by atoms with Crippen molar-refractivity contribution in [2.45, 2.75) is 31.2 Å². The van der Waals surface area contributed by atoms with Crippen LogP contribution in [0.3, 0.4) is 0 Å². The van der Waals surface area contributed by atoms with Crippen molar-refractivity contribution >= 4 is 22.5 Å². The zero-order valence-corrected chi connectivity index (χ0v) is 16.6. The maximum Gasteiger partial charge on any atom is 0.417 e. The first-order valence-corrected chi connectivity index (χ1v) is 9.56. The van der Waals surface area contributed by atoms with Crippen molar-refractivity contribution < 1.29 is 18.3 Å². The second kappa shape index (κ2) is 7.45. The minimum absolute atomic E-state index is 0.0529. The summed E-state index contributed by atoms with van der Waals surface area (Å²) in [7, 11) is 0. The van der Waals surface area contributed by atoms with Crippen LogP contribution in [0.1, 0.15) is 29.7 Å². The smallest absolute Gasteiger partial charge is 0.383 e. The highest BCUT2D eigenvalue weighted by molar-refractivity contribution is 6.30. The van der Waals surface area contributed by atoms with Crippen molar-refractivity contribution in [3.05, 3.63) is 83.0 Å². The molecule has 156 valence electrons. The fourth-order valence-corrected chi connectivity index (χ4v) is 3.82. The molecule has 0 aliphatic heterocycles. The molecule has 0 saturated carbocycles. The molecule has 0 aliphatic carbocycles. The molecule has 0 saturated heterocycles. The molecule has 2 atom stereocenters. The number of H-pyrrole nitrogens is 1. The molecule has 5 nitrogen and oxygen atoms in total. The summed E-state index contributed by atoms with van der Waals surface area (Å²) in [5, 5.41) is 16.4. The quantitative estimate of drug-likeness (QED) is 0.458. The first kappa shape index (κ1) is 20.4. The number of aliphatic hydroxyl groups is 1. The van der Waals surface area contributed by atoms with Gasteiger partial charge in [-0.05, 0) is 35.9 Å². The van der Waals surface area contributed by atoms with E-state index in [4.69, 9.17) is 11.6 Å². The maximum atomic E-state index is 13.4. The summed E-state index contributed by atoms with van der Waals surface area (Å²) in [6.07, 6.45) is -1.65. The molecule has 2 aromatic heterocycles. The average molecular weight is 435 g/mol. The van der Waals surface area contributed by atoms with Crippen molar-refractivity contribution in [1.82, 2.24) is 19.7 Å². The maximum absolute atomic E-state index is 13.4. The van der Waals surface area contributed by atoms with E-state index >= 15 is 0 Å². The van der Waals surface area contributed by atoms with Crippen LogP contribution in [-0.2, 0) is 18.3 Å². The van der Waals surface area contributed by atoms with Gasteiger partial charge in [-0.15, -0.1) is 0 Å². The van der Waals surface area contributed by atoms with Crippen molar-refractivity contribution in [3.63, 3.8) is 0 Å². The average Bonchev–Trinajstić information content (AvgIpc) is 3.35. The van der Waals surface area contributed by atoms with Crippen molar-refractivity contribution in [3.8, 4) is 0 Å². The highest BCUT2D eigenvalue weighted by Crippen LogP contribution is 2.41. The van der Waals surface area contributed by atoms with Gasteiger partial charge in [0.1, 0.15) is 18.3 Å². The summed E-state index contributed by atoms with van der Waals surface area (Å²) in [6, 6.07) is 12.1. The number of rotatable bonds is 5. The van der Waals surface area contributed by atoms with Gasteiger partial charge in [0.15, 0.2) is 0 Å². The number of nitrogens with one attached hydrogen (secondary N) is 1. The Morgan fingerprint density at radius 2 is 1.90 bits per heavy atom. The molecule has 30 heavy (non-hydrogen) atoms. The van der Waals surface area contributed by atoms with Crippen LogP contribution in [0.5, 0.6) is 0 Å². The molecule has 2 aromatic carbocycles. The van der Waals surface area contributed by atoms with E-state index in [0.717, 1.165) is 6.07 Å². The van der Waals surface area contributed by atoms with E-state index in [-0.39, 0.29) is 11.9 Å². The van der Waals surface area contributed by atoms with Gasteiger partial charge in [0, 0.05) is 27.5 Å². The summed E-state index contributed by atoms with van der Waals surface area (Å²) < 4.78 is 41.7. The first-order valence-electron chi connectivity index (χ1n) is 9.18. The van der Waals surface area contributed by atoms with E-state index in [1.54, 1.807) is 37.3 Å². The number of hydrogen-bond donors (Lipinski definition) is 2. The Morgan fingerprint density at radius 3 is 2.53 bits per heavy atom. The van der Waals surface area contributed by atoms with Gasteiger partial charge >= 0.3 is 6.18 Å². The van der Waals surface area contributed by atoms with Crippen LogP contribution in [0.2, 0.25) is 5.02 Å². The number of hydrogen-bond acceptors (Lipinski definition) is 3. The molecule has 2 N–H and O–H groups in total. The lowest BCUT2D eigenvalue weighted by molar-refractivity contribution is -0.136. The topological polar surface area (TPSA) is 66.7 Å². The van der Waals surface area contributed by atoms with Crippen LogP contribution in [0, 0.1) is 0 Å². The largest absolute Gasteiger partial charge is 0.417 e. The first-order chi connectivity index (χ1) is 14.2. The van der Waals surface area contributed by atoms with Crippen molar-refractivity contribution in [1.29, 1.82) is 0 Å². The number of aromatic amines is 1. The van der Waals surface area contributed by atoms with Crippen molar-refractivity contribution in [2.24, 2.45) is 0 Å². The Balaban J connectivity index is 1.82. The Bertz CT molecular complexity index is 1160.